The van der Waals surface area contributed by atoms with Crippen molar-refractivity contribution in [2.24, 2.45) is 11.8 Å². The maximum absolute atomic E-state index is 13.4. The molecule has 5 rings (SSSR count). The van der Waals surface area contributed by atoms with E-state index in [4.69, 9.17) is 10.5 Å². The van der Waals surface area contributed by atoms with Gasteiger partial charge in [-0.25, -0.2) is 9.97 Å². The number of nitrogens with one attached hydrogen (secondary N) is 1. The fourth-order valence-corrected chi connectivity index (χ4v) is 5.66. The number of nitrogens with two attached hydrogens (primary N) is 1. The van der Waals surface area contributed by atoms with Crippen molar-refractivity contribution >= 4 is 44.9 Å². The molecule has 9 heteroatoms. The highest BCUT2D eigenvalue weighted by atomic mass is 32.1. The van der Waals surface area contributed by atoms with E-state index in [2.05, 4.69) is 22.2 Å². The molecule has 8 nitrogen and oxygen atoms in total. The topological polar surface area (TPSA) is 110 Å². The third kappa shape index (κ3) is 4.63. The van der Waals surface area contributed by atoms with Crippen molar-refractivity contribution in [1.82, 2.24) is 14.9 Å². The van der Waals surface area contributed by atoms with E-state index in [-0.39, 0.29) is 0 Å². The predicted molar refractivity (Wildman–Crippen MR) is 132 cm³/mol. The van der Waals surface area contributed by atoms with E-state index in [1.807, 2.05) is 23.7 Å². The fraction of sp³-hybridized carbons (Fsp3) is 0.440. The van der Waals surface area contributed by atoms with E-state index in [0.717, 1.165) is 46.2 Å². The Hall–Kier alpha value is -3.04. The molecule has 0 spiro atoms. The number of hydrogen-bond acceptors (Lipinski definition) is 7. The van der Waals surface area contributed by atoms with Crippen molar-refractivity contribution in [1.29, 1.82) is 0 Å². The van der Waals surface area contributed by atoms with Crippen LogP contribution in [0.5, 0.6) is 0 Å². The van der Waals surface area contributed by atoms with Gasteiger partial charge >= 0.3 is 11.8 Å². The first-order valence-corrected chi connectivity index (χ1v) is 12.6. The number of pyridine rings is 1. The molecule has 1 saturated carbocycles. The van der Waals surface area contributed by atoms with Crippen LogP contribution in [0.3, 0.4) is 0 Å². The van der Waals surface area contributed by atoms with Crippen LogP contribution in [0.15, 0.2) is 29.9 Å². The fourth-order valence-electron chi connectivity index (χ4n) is 5.00. The molecule has 2 unspecified atom stereocenters. The molecule has 0 bridgehead atoms. The number of benzene rings is 1. The van der Waals surface area contributed by atoms with Gasteiger partial charge in [0.05, 0.1) is 40.8 Å². The van der Waals surface area contributed by atoms with E-state index >= 15 is 0 Å². The van der Waals surface area contributed by atoms with Crippen LogP contribution in [0.25, 0.3) is 10.2 Å². The number of aromatic nitrogens is 2. The lowest BCUT2D eigenvalue weighted by atomic mass is 9.80. The average Bonchev–Trinajstić information content (AvgIpc) is 3.51. The zero-order valence-corrected chi connectivity index (χ0v) is 20.1. The van der Waals surface area contributed by atoms with Crippen LogP contribution in [0.2, 0.25) is 0 Å². The summed E-state index contributed by atoms with van der Waals surface area (Å²) in [5.41, 5.74) is 11.7. The molecular formula is C25H29N5O3S. The van der Waals surface area contributed by atoms with Crippen molar-refractivity contribution in [2.45, 2.75) is 52.4 Å². The lowest BCUT2D eigenvalue weighted by Gasteiger charge is -2.33. The first-order valence-electron chi connectivity index (χ1n) is 11.8. The maximum Gasteiger partial charge on any atom is 0.313 e. The minimum Gasteiger partial charge on any atom is -0.383 e. The van der Waals surface area contributed by atoms with E-state index in [1.54, 1.807) is 16.2 Å². The van der Waals surface area contributed by atoms with Crippen LogP contribution < -0.4 is 11.1 Å². The van der Waals surface area contributed by atoms with E-state index in [1.165, 1.54) is 12.6 Å². The van der Waals surface area contributed by atoms with Crippen LogP contribution in [0, 0.1) is 11.8 Å². The Morgan fingerprint density at radius 2 is 2.03 bits per heavy atom. The highest BCUT2D eigenvalue weighted by molar-refractivity contribution is 7.16. The van der Waals surface area contributed by atoms with E-state index in [0.29, 0.717) is 49.6 Å². The molecule has 3 N–H and O–H groups in total. The van der Waals surface area contributed by atoms with Crippen LogP contribution in [0.1, 0.15) is 49.3 Å². The number of carbonyl (C=O) groups excluding carboxylic acids is 2. The highest BCUT2D eigenvalue weighted by Gasteiger charge is 2.30. The number of rotatable bonds is 5. The minimum atomic E-state index is -0.668. The Morgan fingerprint density at radius 3 is 2.88 bits per heavy atom. The van der Waals surface area contributed by atoms with Crippen LogP contribution in [-0.4, -0.2) is 33.2 Å². The van der Waals surface area contributed by atoms with Gasteiger partial charge in [0.15, 0.2) is 0 Å². The van der Waals surface area contributed by atoms with Gasteiger partial charge in [-0.2, -0.15) is 0 Å². The predicted octanol–water partition coefficient (Wildman–Crippen LogP) is 4.10. The van der Waals surface area contributed by atoms with E-state index < -0.39 is 11.8 Å². The number of nitrogens with zero attached hydrogens (tertiary/aromatic N) is 3. The lowest BCUT2D eigenvalue weighted by molar-refractivity contribution is -0.144. The zero-order valence-electron chi connectivity index (χ0n) is 19.3. The highest BCUT2D eigenvalue weighted by Crippen LogP contribution is 2.32. The molecule has 1 aliphatic carbocycles. The van der Waals surface area contributed by atoms with Crippen molar-refractivity contribution in [2.75, 3.05) is 17.6 Å². The molecule has 3 aromatic rings. The summed E-state index contributed by atoms with van der Waals surface area (Å²) in [4.78, 5) is 36.8. The van der Waals surface area contributed by atoms with Crippen LogP contribution >= 0.6 is 11.3 Å². The summed E-state index contributed by atoms with van der Waals surface area (Å²) in [6, 6.07) is 6.04. The summed E-state index contributed by atoms with van der Waals surface area (Å²) in [5.74, 6) is 0.0841. The summed E-state index contributed by atoms with van der Waals surface area (Å²) >= 11 is 1.59. The Morgan fingerprint density at radius 1 is 1.21 bits per heavy atom. The summed E-state index contributed by atoms with van der Waals surface area (Å²) in [6.07, 6.45) is 6.12. The average molecular weight is 480 g/mol. The second kappa shape index (κ2) is 9.68. The number of amides is 2. The van der Waals surface area contributed by atoms with Gasteiger partial charge < -0.3 is 20.7 Å². The molecule has 34 heavy (non-hydrogen) atoms. The summed E-state index contributed by atoms with van der Waals surface area (Å²) in [7, 11) is 0. The smallest absolute Gasteiger partial charge is 0.313 e. The first-order chi connectivity index (χ1) is 16.5. The largest absolute Gasteiger partial charge is 0.383 e. The second-order valence-electron chi connectivity index (χ2n) is 9.32. The maximum atomic E-state index is 13.4. The molecule has 0 radical (unpaired) electrons. The minimum absolute atomic E-state index is 0.336. The second-order valence-corrected chi connectivity index (χ2v) is 10.2. The Labute approximate surface area is 202 Å². The molecule has 1 aromatic carbocycles. The summed E-state index contributed by atoms with van der Waals surface area (Å²) < 4.78 is 6.58. The van der Waals surface area contributed by atoms with Gasteiger partial charge in [0.25, 0.3) is 0 Å². The molecule has 2 amide bonds. The molecule has 1 aliphatic heterocycles. The van der Waals surface area contributed by atoms with E-state index in [9.17, 15) is 9.59 Å². The number of thiazole rings is 1. The molecule has 0 saturated heterocycles. The molecule has 2 atom stereocenters. The Balaban J connectivity index is 1.37. The number of carbonyl (C=O) groups is 2. The number of anilines is 2. The van der Waals surface area contributed by atoms with Crippen molar-refractivity contribution in [3.63, 3.8) is 0 Å². The van der Waals surface area contributed by atoms with Gasteiger partial charge in [-0.1, -0.05) is 32.3 Å². The number of fused-ring (bicyclic) bond motifs is 2. The molecular weight excluding hydrogens is 450 g/mol. The van der Waals surface area contributed by atoms with Crippen LogP contribution in [0.4, 0.5) is 11.5 Å². The van der Waals surface area contributed by atoms with Crippen molar-refractivity contribution in [3.8, 4) is 0 Å². The van der Waals surface area contributed by atoms with Gasteiger partial charge in [0.1, 0.15) is 5.82 Å². The monoisotopic (exact) mass is 479 g/mol. The van der Waals surface area contributed by atoms with Crippen LogP contribution in [-0.2, 0) is 34.1 Å². The van der Waals surface area contributed by atoms with Crippen molar-refractivity contribution < 1.29 is 14.3 Å². The lowest BCUT2D eigenvalue weighted by Crippen LogP contribution is -2.43. The summed E-state index contributed by atoms with van der Waals surface area (Å²) in [6.45, 7) is 3.87. The third-order valence-corrected chi connectivity index (χ3v) is 7.88. The normalized spacial score (nSPS) is 19.7. The van der Waals surface area contributed by atoms with Gasteiger partial charge in [0.2, 0.25) is 0 Å². The molecule has 3 heterocycles. The summed E-state index contributed by atoms with van der Waals surface area (Å²) in [5, 5.41) is 2.77. The van der Waals surface area contributed by atoms with Crippen molar-refractivity contribution in [3.05, 3.63) is 46.6 Å². The van der Waals surface area contributed by atoms with Gasteiger partial charge in [-0.3, -0.25) is 9.59 Å². The molecule has 2 aliphatic rings. The first kappa shape index (κ1) is 22.7. The van der Waals surface area contributed by atoms with Gasteiger partial charge in [0, 0.05) is 24.2 Å². The standard InChI is InChI=1S/C25H29N5O3S/c1-15-4-2-3-5-17(15)11-30(10-16-6-7-22-20(8-16)28-14-34-22)25(32)24(31)29-21-9-27-23(26)19-13-33-12-18(19)21/h6-9,14-15,17H,2-5,10-13H2,1H3,(H2,26,27)(H,29,31). The number of ether oxygens (including phenoxy) is 1. The molecule has 178 valence electrons. The SMILES string of the molecule is CC1CCCCC1CN(Cc1ccc2scnc2c1)C(=O)C(=O)Nc1cnc(N)c2c1COC2. The zero-order chi connectivity index (χ0) is 23.7. The third-order valence-electron chi connectivity index (χ3n) is 7.07. The number of hydrogen-bond donors (Lipinski definition) is 2. The number of nitrogen functional groups attached to an aromatic ring is 1. The Kier molecular flexibility index (Phi) is 6.47. The van der Waals surface area contributed by atoms with Gasteiger partial charge in [-0.05, 0) is 36.0 Å². The Bertz CT molecular complexity index is 1230. The van der Waals surface area contributed by atoms with Gasteiger partial charge in [-0.15, -0.1) is 11.3 Å². The quantitative estimate of drug-likeness (QED) is 0.533. The molecule has 2 aromatic heterocycles. The molecule has 1 fully saturated rings.